The Morgan fingerprint density at radius 3 is 2.95 bits per heavy atom. The Kier molecular flexibility index (Phi) is 3.68. The van der Waals surface area contributed by atoms with Gasteiger partial charge < -0.3 is 5.32 Å². The smallest absolute Gasteiger partial charge is 0.260 e. The molecule has 1 amide bonds. The van der Waals surface area contributed by atoms with Crippen LogP contribution in [0.1, 0.15) is 66.7 Å². The molecule has 2 aromatic heterocycles. The first-order valence-corrected chi connectivity index (χ1v) is 7.35. The minimum atomic E-state index is -0.179. The van der Waals surface area contributed by atoms with Gasteiger partial charge in [0.1, 0.15) is 0 Å². The molecule has 21 heavy (non-hydrogen) atoms. The summed E-state index contributed by atoms with van der Waals surface area (Å²) in [7, 11) is 0. The van der Waals surface area contributed by atoms with Crippen molar-refractivity contribution in [3.63, 3.8) is 0 Å². The first-order valence-electron chi connectivity index (χ1n) is 7.35. The van der Waals surface area contributed by atoms with Crippen molar-refractivity contribution in [1.82, 2.24) is 20.2 Å². The van der Waals surface area contributed by atoms with Crippen molar-refractivity contribution >= 4 is 11.7 Å². The van der Waals surface area contributed by atoms with E-state index in [4.69, 9.17) is 0 Å². The maximum atomic E-state index is 12.3. The number of hydrogen-bond acceptors (Lipinski definition) is 4. The molecular formula is C15H19N5O. The number of carbonyl (C=O) groups excluding carboxylic acids is 1. The van der Waals surface area contributed by atoms with Gasteiger partial charge in [0.15, 0.2) is 5.82 Å². The molecule has 0 aromatic carbocycles. The summed E-state index contributed by atoms with van der Waals surface area (Å²) >= 11 is 0. The Hall–Kier alpha value is -2.24. The van der Waals surface area contributed by atoms with Crippen molar-refractivity contribution in [2.24, 2.45) is 0 Å². The second kappa shape index (κ2) is 5.63. The average molecular weight is 285 g/mol. The van der Waals surface area contributed by atoms with Crippen LogP contribution in [0.4, 0.5) is 5.82 Å². The number of carbonyl (C=O) groups is 1. The summed E-state index contributed by atoms with van der Waals surface area (Å²) in [5, 5.41) is 9.72. The maximum absolute atomic E-state index is 12.3. The first kappa shape index (κ1) is 13.7. The van der Waals surface area contributed by atoms with Gasteiger partial charge in [0, 0.05) is 12.1 Å². The van der Waals surface area contributed by atoms with E-state index in [9.17, 15) is 4.79 Å². The van der Waals surface area contributed by atoms with Gasteiger partial charge in [-0.1, -0.05) is 13.8 Å². The Balaban J connectivity index is 1.76. The van der Waals surface area contributed by atoms with Crippen molar-refractivity contribution in [3.05, 3.63) is 35.5 Å². The molecule has 0 saturated heterocycles. The molecule has 1 fully saturated rings. The van der Waals surface area contributed by atoms with E-state index in [1.165, 1.54) is 0 Å². The molecule has 1 aliphatic carbocycles. The fourth-order valence-corrected chi connectivity index (χ4v) is 2.23. The van der Waals surface area contributed by atoms with Crippen LogP contribution in [0.5, 0.6) is 0 Å². The quantitative estimate of drug-likeness (QED) is 0.884. The molecule has 6 heteroatoms. The number of rotatable bonds is 5. The number of hydrogen-bond donors (Lipinski definition) is 2. The molecule has 1 saturated carbocycles. The number of aromatic amines is 1. The van der Waals surface area contributed by atoms with Crippen LogP contribution >= 0.6 is 0 Å². The van der Waals surface area contributed by atoms with E-state index in [0.717, 1.165) is 30.7 Å². The Morgan fingerprint density at radius 1 is 1.43 bits per heavy atom. The van der Waals surface area contributed by atoms with Gasteiger partial charge in [0.2, 0.25) is 0 Å². The van der Waals surface area contributed by atoms with Crippen molar-refractivity contribution in [2.45, 2.75) is 44.9 Å². The van der Waals surface area contributed by atoms with Crippen molar-refractivity contribution in [3.8, 4) is 0 Å². The Bertz CT molecular complexity index is 647. The number of nitrogens with one attached hydrogen (secondary N) is 2. The maximum Gasteiger partial charge on any atom is 0.260 e. The molecule has 3 rings (SSSR count). The second-order valence-electron chi connectivity index (χ2n) is 5.56. The molecule has 0 bridgehead atoms. The van der Waals surface area contributed by atoms with E-state index >= 15 is 0 Å². The standard InChI is InChI=1S/C15H19N5O/c1-3-9(2)12-7-16-8-13(18-12)19-15(21)11-6-17-20-14(11)10-4-5-10/h6-10H,3-5H2,1-2H3,(H,17,20)(H,18,19,21). The highest BCUT2D eigenvalue weighted by atomic mass is 16.1. The molecule has 2 aromatic rings. The average Bonchev–Trinajstić information content (AvgIpc) is 3.23. The highest BCUT2D eigenvalue weighted by Crippen LogP contribution is 2.40. The van der Waals surface area contributed by atoms with Crippen LogP contribution in [0.3, 0.4) is 0 Å². The SMILES string of the molecule is CCC(C)c1cncc(NC(=O)c2cn[nH]c2C2CC2)n1. The summed E-state index contributed by atoms with van der Waals surface area (Å²) in [4.78, 5) is 21.0. The summed E-state index contributed by atoms with van der Waals surface area (Å²) in [6.45, 7) is 4.20. The predicted molar refractivity (Wildman–Crippen MR) is 79.3 cm³/mol. The van der Waals surface area contributed by atoms with Crippen LogP contribution in [0.25, 0.3) is 0 Å². The summed E-state index contributed by atoms with van der Waals surface area (Å²) in [6, 6.07) is 0. The minimum absolute atomic E-state index is 0.179. The highest BCUT2D eigenvalue weighted by Gasteiger charge is 2.30. The lowest BCUT2D eigenvalue weighted by atomic mass is 10.1. The van der Waals surface area contributed by atoms with E-state index < -0.39 is 0 Å². The van der Waals surface area contributed by atoms with Gasteiger partial charge >= 0.3 is 0 Å². The molecule has 0 spiro atoms. The van der Waals surface area contributed by atoms with Crippen LogP contribution in [0.2, 0.25) is 0 Å². The molecule has 1 unspecified atom stereocenters. The van der Waals surface area contributed by atoms with Gasteiger partial charge in [-0.25, -0.2) is 4.98 Å². The van der Waals surface area contributed by atoms with Crippen LogP contribution < -0.4 is 5.32 Å². The zero-order chi connectivity index (χ0) is 14.8. The fourth-order valence-electron chi connectivity index (χ4n) is 2.23. The lowest BCUT2D eigenvalue weighted by molar-refractivity contribution is 0.102. The Labute approximate surface area is 123 Å². The van der Waals surface area contributed by atoms with Gasteiger partial charge in [-0.3, -0.25) is 14.9 Å². The normalized spacial score (nSPS) is 15.7. The van der Waals surface area contributed by atoms with Gasteiger partial charge in [-0.2, -0.15) is 5.10 Å². The minimum Gasteiger partial charge on any atom is -0.305 e. The van der Waals surface area contributed by atoms with Crippen LogP contribution in [-0.2, 0) is 0 Å². The molecule has 1 aliphatic rings. The number of aromatic nitrogens is 4. The highest BCUT2D eigenvalue weighted by molar-refractivity contribution is 6.04. The monoisotopic (exact) mass is 285 g/mol. The molecule has 110 valence electrons. The molecule has 6 nitrogen and oxygen atoms in total. The van der Waals surface area contributed by atoms with E-state index in [1.807, 2.05) is 0 Å². The van der Waals surface area contributed by atoms with E-state index in [2.05, 4.69) is 39.3 Å². The molecule has 2 heterocycles. The first-order chi connectivity index (χ1) is 10.2. The number of H-pyrrole nitrogens is 1. The Morgan fingerprint density at radius 2 is 2.24 bits per heavy atom. The van der Waals surface area contributed by atoms with Crippen LogP contribution in [0.15, 0.2) is 18.6 Å². The van der Waals surface area contributed by atoms with E-state index in [1.54, 1.807) is 18.6 Å². The van der Waals surface area contributed by atoms with Gasteiger partial charge in [-0.15, -0.1) is 0 Å². The summed E-state index contributed by atoms with van der Waals surface area (Å²) in [6.07, 6.45) is 8.12. The van der Waals surface area contributed by atoms with Gasteiger partial charge in [0.05, 0.1) is 29.3 Å². The zero-order valence-corrected chi connectivity index (χ0v) is 12.3. The molecule has 2 N–H and O–H groups in total. The third-order valence-corrected chi connectivity index (χ3v) is 3.91. The largest absolute Gasteiger partial charge is 0.305 e. The number of nitrogens with zero attached hydrogens (tertiary/aromatic N) is 3. The number of anilines is 1. The van der Waals surface area contributed by atoms with Gasteiger partial charge in [-0.05, 0) is 25.2 Å². The third-order valence-electron chi connectivity index (χ3n) is 3.91. The lowest BCUT2D eigenvalue weighted by Gasteiger charge is -2.09. The topological polar surface area (TPSA) is 83.6 Å². The summed E-state index contributed by atoms with van der Waals surface area (Å²) in [5.41, 5.74) is 2.43. The second-order valence-corrected chi connectivity index (χ2v) is 5.56. The molecular weight excluding hydrogens is 266 g/mol. The fraction of sp³-hybridized carbons (Fsp3) is 0.467. The molecule has 0 radical (unpaired) electrons. The predicted octanol–water partition coefficient (Wildman–Crippen LogP) is 2.84. The van der Waals surface area contributed by atoms with E-state index in [0.29, 0.717) is 23.2 Å². The number of amides is 1. The zero-order valence-electron chi connectivity index (χ0n) is 12.3. The van der Waals surface area contributed by atoms with Crippen molar-refractivity contribution in [1.29, 1.82) is 0 Å². The van der Waals surface area contributed by atoms with Gasteiger partial charge in [0.25, 0.3) is 5.91 Å². The summed E-state index contributed by atoms with van der Waals surface area (Å²) in [5.74, 6) is 1.08. The molecule has 1 atom stereocenters. The lowest BCUT2D eigenvalue weighted by Crippen LogP contribution is -2.15. The van der Waals surface area contributed by atoms with Crippen LogP contribution in [0, 0.1) is 0 Å². The van der Waals surface area contributed by atoms with Crippen LogP contribution in [-0.4, -0.2) is 26.1 Å². The van der Waals surface area contributed by atoms with Crippen molar-refractivity contribution in [2.75, 3.05) is 5.32 Å². The molecule has 0 aliphatic heterocycles. The third kappa shape index (κ3) is 2.94. The van der Waals surface area contributed by atoms with E-state index in [-0.39, 0.29) is 5.91 Å². The van der Waals surface area contributed by atoms with Crippen molar-refractivity contribution < 1.29 is 4.79 Å². The summed E-state index contributed by atoms with van der Waals surface area (Å²) < 4.78 is 0.